The number of amides is 1. The molecule has 3 heterocycles. The molecule has 1 aromatic carbocycles. The molecule has 0 spiro atoms. The molecule has 0 radical (unpaired) electrons. The molecule has 1 amide bonds. The number of halogens is 1. The number of benzene rings is 1. The molecule has 24 heavy (non-hydrogen) atoms. The summed E-state index contributed by atoms with van der Waals surface area (Å²) in [5, 5.41) is 1.17. The molecular weight excluding hydrogens is 360 g/mol. The number of hydrogen-bond acceptors (Lipinski definition) is 4. The molecular formula is C18H25ClN2OS2. The van der Waals surface area contributed by atoms with Gasteiger partial charge in [-0.05, 0) is 55.4 Å². The van der Waals surface area contributed by atoms with E-state index in [4.69, 9.17) is 5.73 Å². The fourth-order valence-electron chi connectivity index (χ4n) is 4.38. The largest absolute Gasteiger partial charge is 0.368 e. The van der Waals surface area contributed by atoms with E-state index < -0.39 is 0 Å². The summed E-state index contributed by atoms with van der Waals surface area (Å²) in [5.41, 5.74) is 7.16. The number of fused-ring (bicyclic) bond motifs is 2. The van der Waals surface area contributed by atoms with Crippen LogP contribution in [0.15, 0.2) is 29.2 Å². The van der Waals surface area contributed by atoms with E-state index >= 15 is 0 Å². The third-order valence-corrected chi connectivity index (χ3v) is 8.33. The van der Waals surface area contributed by atoms with Gasteiger partial charge in [0.2, 0.25) is 5.91 Å². The van der Waals surface area contributed by atoms with Gasteiger partial charge in [-0.1, -0.05) is 18.2 Å². The molecule has 0 saturated carbocycles. The topological polar surface area (TPSA) is 46.3 Å². The summed E-state index contributed by atoms with van der Waals surface area (Å²) in [6.45, 7) is 1.03. The minimum Gasteiger partial charge on any atom is -0.368 e. The SMILES string of the molecule is Cl.NC(=O)C1CCC2SC([C@@H]3CCSc4ccccc43)CCCN21. The van der Waals surface area contributed by atoms with Crippen LogP contribution in [-0.4, -0.2) is 39.8 Å². The first-order valence-corrected chi connectivity index (χ1v) is 10.6. The molecule has 4 atom stereocenters. The Morgan fingerprint density at radius 2 is 2.00 bits per heavy atom. The number of nitrogens with zero attached hydrogens (tertiary/aromatic N) is 1. The normalized spacial score (nSPS) is 33.0. The summed E-state index contributed by atoms with van der Waals surface area (Å²) in [7, 11) is 0. The molecule has 1 aromatic rings. The quantitative estimate of drug-likeness (QED) is 0.840. The third kappa shape index (κ3) is 3.46. The van der Waals surface area contributed by atoms with Crippen molar-refractivity contribution in [1.29, 1.82) is 0 Å². The lowest BCUT2D eigenvalue weighted by Gasteiger charge is -2.33. The second-order valence-corrected chi connectivity index (χ2v) is 9.34. The Bertz CT molecular complexity index is 600. The Hall–Kier alpha value is -0.360. The highest BCUT2D eigenvalue weighted by molar-refractivity contribution is 8.00. The lowest BCUT2D eigenvalue weighted by molar-refractivity contribution is -0.122. The van der Waals surface area contributed by atoms with Crippen molar-refractivity contribution in [2.24, 2.45) is 5.73 Å². The summed E-state index contributed by atoms with van der Waals surface area (Å²) >= 11 is 4.13. The van der Waals surface area contributed by atoms with Gasteiger partial charge in [-0.25, -0.2) is 0 Å². The monoisotopic (exact) mass is 384 g/mol. The maximum absolute atomic E-state index is 11.7. The summed E-state index contributed by atoms with van der Waals surface area (Å²) in [5.74, 6) is 1.77. The Kier molecular flexibility index (Phi) is 6.07. The fraction of sp³-hybridized carbons (Fsp3) is 0.611. The first-order chi connectivity index (χ1) is 11.2. The number of primary amides is 1. The summed E-state index contributed by atoms with van der Waals surface area (Å²) in [6.07, 6.45) is 5.77. The van der Waals surface area contributed by atoms with E-state index in [2.05, 4.69) is 40.9 Å². The van der Waals surface area contributed by atoms with Gasteiger partial charge in [-0.15, -0.1) is 35.9 Å². The van der Waals surface area contributed by atoms with Gasteiger partial charge in [0.05, 0.1) is 11.4 Å². The maximum Gasteiger partial charge on any atom is 0.234 e. The van der Waals surface area contributed by atoms with Crippen molar-refractivity contribution in [3.05, 3.63) is 29.8 Å². The number of carbonyl (C=O) groups is 1. The lowest BCUT2D eigenvalue weighted by atomic mass is 9.90. The van der Waals surface area contributed by atoms with Crippen LogP contribution in [0.25, 0.3) is 0 Å². The van der Waals surface area contributed by atoms with E-state index in [1.54, 1.807) is 5.56 Å². The number of nitrogens with two attached hydrogens (primary N) is 1. The zero-order chi connectivity index (χ0) is 15.8. The molecule has 0 bridgehead atoms. The van der Waals surface area contributed by atoms with Crippen molar-refractivity contribution in [2.45, 2.75) is 59.6 Å². The zero-order valence-electron chi connectivity index (χ0n) is 13.7. The minimum absolute atomic E-state index is 0. The molecule has 2 saturated heterocycles. The highest BCUT2D eigenvalue weighted by atomic mass is 35.5. The van der Waals surface area contributed by atoms with Gasteiger partial charge in [0.25, 0.3) is 0 Å². The van der Waals surface area contributed by atoms with E-state index in [0.29, 0.717) is 16.5 Å². The molecule has 3 nitrogen and oxygen atoms in total. The van der Waals surface area contributed by atoms with Gasteiger partial charge >= 0.3 is 0 Å². The summed E-state index contributed by atoms with van der Waals surface area (Å²) in [4.78, 5) is 15.5. The molecule has 132 valence electrons. The van der Waals surface area contributed by atoms with Gasteiger partial charge in [-0.3, -0.25) is 9.69 Å². The van der Waals surface area contributed by atoms with E-state index in [1.807, 2.05) is 11.8 Å². The third-order valence-electron chi connectivity index (χ3n) is 5.48. The Labute approximate surface area is 158 Å². The van der Waals surface area contributed by atoms with E-state index in [1.165, 1.54) is 29.9 Å². The Morgan fingerprint density at radius 1 is 1.17 bits per heavy atom. The van der Waals surface area contributed by atoms with Crippen LogP contribution in [0.2, 0.25) is 0 Å². The van der Waals surface area contributed by atoms with Crippen molar-refractivity contribution in [3.8, 4) is 0 Å². The predicted octanol–water partition coefficient (Wildman–Crippen LogP) is 3.86. The van der Waals surface area contributed by atoms with Crippen LogP contribution in [-0.2, 0) is 4.79 Å². The maximum atomic E-state index is 11.7. The van der Waals surface area contributed by atoms with Crippen LogP contribution in [0.5, 0.6) is 0 Å². The van der Waals surface area contributed by atoms with Crippen molar-refractivity contribution in [1.82, 2.24) is 4.90 Å². The minimum atomic E-state index is -0.133. The molecule has 0 aromatic heterocycles. The van der Waals surface area contributed by atoms with Crippen LogP contribution in [0.3, 0.4) is 0 Å². The number of thioether (sulfide) groups is 2. The highest BCUT2D eigenvalue weighted by Gasteiger charge is 2.41. The average Bonchev–Trinajstić information content (AvgIpc) is 2.85. The smallest absolute Gasteiger partial charge is 0.234 e. The van der Waals surface area contributed by atoms with Gasteiger partial charge in [0.15, 0.2) is 0 Å². The van der Waals surface area contributed by atoms with Crippen LogP contribution in [0.1, 0.15) is 43.6 Å². The first kappa shape index (κ1) is 18.4. The molecule has 3 aliphatic rings. The Morgan fingerprint density at radius 3 is 2.83 bits per heavy atom. The van der Waals surface area contributed by atoms with Crippen LogP contribution < -0.4 is 5.73 Å². The summed E-state index contributed by atoms with van der Waals surface area (Å²) in [6, 6.07) is 8.92. The summed E-state index contributed by atoms with van der Waals surface area (Å²) < 4.78 is 0. The van der Waals surface area contributed by atoms with Crippen LogP contribution in [0, 0.1) is 0 Å². The number of rotatable bonds is 2. The first-order valence-electron chi connectivity index (χ1n) is 8.66. The molecule has 3 aliphatic heterocycles. The van der Waals surface area contributed by atoms with Crippen LogP contribution in [0.4, 0.5) is 0 Å². The second kappa shape index (κ2) is 7.90. The predicted molar refractivity (Wildman–Crippen MR) is 105 cm³/mol. The van der Waals surface area contributed by atoms with Gasteiger partial charge in [0.1, 0.15) is 0 Å². The van der Waals surface area contributed by atoms with Gasteiger partial charge in [-0.2, -0.15) is 0 Å². The number of carbonyl (C=O) groups excluding carboxylic acids is 1. The van der Waals surface area contributed by atoms with Crippen LogP contribution >= 0.6 is 35.9 Å². The molecule has 3 unspecified atom stereocenters. The van der Waals surface area contributed by atoms with Crippen molar-refractivity contribution < 1.29 is 4.79 Å². The average molecular weight is 385 g/mol. The highest BCUT2D eigenvalue weighted by Crippen LogP contribution is 2.48. The standard InChI is InChI=1S/C18H24N2OS2.ClH/c19-18(21)14-7-8-17-20(14)10-3-6-16(23-17)13-9-11-22-15-5-2-1-4-12(13)15;/h1-2,4-5,13-14,16-17H,3,6-11H2,(H2,19,21);1H/t13-,14?,16?,17?;/m1./s1. The zero-order valence-corrected chi connectivity index (χ0v) is 16.2. The van der Waals surface area contributed by atoms with E-state index in [9.17, 15) is 4.79 Å². The van der Waals surface area contributed by atoms with E-state index in [-0.39, 0.29) is 24.4 Å². The molecule has 4 rings (SSSR count). The van der Waals surface area contributed by atoms with E-state index in [0.717, 1.165) is 19.4 Å². The van der Waals surface area contributed by atoms with Crippen molar-refractivity contribution >= 4 is 41.8 Å². The lowest BCUT2D eigenvalue weighted by Crippen LogP contribution is -2.43. The van der Waals surface area contributed by atoms with Crippen molar-refractivity contribution in [2.75, 3.05) is 12.3 Å². The molecule has 2 N–H and O–H groups in total. The molecule has 0 aliphatic carbocycles. The van der Waals surface area contributed by atoms with Crippen molar-refractivity contribution in [3.63, 3.8) is 0 Å². The molecule has 2 fully saturated rings. The second-order valence-electron chi connectivity index (χ2n) is 6.79. The van der Waals surface area contributed by atoms with Gasteiger partial charge < -0.3 is 5.73 Å². The Balaban J connectivity index is 0.00000169. The van der Waals surface area contributed by atoms with Gasteiger partial charge in [0, 0.05) is 16.7 Å². The molecule has 6 heteroatoms. The number of hydrogen-bond donors (Lipinski definition) is 1. The fourth-order valence-corrected chi connectivity index (χ4v) is 7.39.